The number of imide groups is 2. The largest absolute Gasteiger partial charge is 0.355 e. The van der Waals surface area contributed by atoms with E-state index in [4.69, 9.17) is 0 Å². The zero-order valence-electron chi connectivity index (χ0n) is 22.6. The predicted octanol–water partition coefficient (Wildman–Crippen LogP) is -0.0784. The Morgan fingerprint density at radius 3 is 1.15 bits per heavy atom. The zero-order valence-corrected chi connectivity index (χ0v) is 22.6. The van der Waals surface area contributed by atoms with Crippen molar-refractivity contribution in [3.8, 4) is 0 Å². The van der Waals surface area contributed by atoms with Gasteiger partial charge in [-0.2, -0.15) is 0 Å². The molecule has 5 aliphatic rings. The summed E-state index contributed by atoms with van der Waals surface area (Å²) in [6, 6.07) is 6.24. The van der Waals surface area contributed by atoms with Crippen LogP contribution < -0.4 is 10.6 Å². The molecule has 0 atom stereocenters. The molecule has 12 heteroatoms. The molecule has 0 saturated heterocycles. The third-order valence-electron chi connectivity index (χ3n) is 7.68. The molecule has 12 nitrogen and oxygen atoms in total. The van der Waals surface area contributed by atoms with E-state index >= 15 is 0 Å². The summed E-state index contributed by atoms with van der Waals surface area (Å²) in [5.41, 5.74) is 1.15. The van der Waals surface area contributed by atoms with Crippen LogP contribution in [0.4, 0.5) is 0 Å². The van der Waals surface area contributed by atoms with Crippen LogP contribution in [0, 0.1) is 0 Å². The number of hydrogen-bond donors (Lipinski definition) is 2. The van der Waals surface area contributed by atoms with E-state index in [9.17, 15) is 28.8 Å². The quantitative estimate of drug-likeness (QED) is 0.436. The smallest absolute Gasteiger partial charge is 0.261 e. The number of likely N-dealkylation sites (N-methyl/N-ethyl adjacent to an activating group) is 2. The molecular formula is C28H32N6O6. The van der Waals surface area contributed by atoms with Crippen LogP contribution in [0.15, 0.2) is 24.3 Å². The third-order valence-corrected chi connectivity index (χ3v) is 7.68. The van der Waals surface area contributed by atoms with Crippen LogP contribution in [0.3, 0.4) is 0 Å². The molecular weight excluding hydrogens is 516 g/mol. The standard InChI is InChI=1S/C28H32N6O6/c1-31-11-9-29-21(35)7-8-22(36)30-10-12-32(2)14-16-34-27(39)19-5-3-17-23-18(4-6-20(24(19)23)28(34)40)26(38)33(15-13-31)25(17)37/h3-6H,7-16H2,1-2H3,(H,29,35)(H,30,36). The normalized spacial score (nSPS) is 20.6. The van der Waals surface area contributed by atoms with Gasteiger partial charge >= 0.3 is 0 Å². The molecule has 2 N–H and O–H groups in total. The number of carbonyl (C=O) groups excluding carboxylic acids is 6. The second-order valence-corrected chi connectivity index (χ2v) is 10.4. The van der Waals surface area contributed by atoms with E-state index < -0.39 is 23.6 Å². The lowest BCUT2D eigenvalue weighted by Gasteiger charge is -2.33. The molecule has 2 aromatic carbocycles. The summed E-state index contributed by atoms with van der Waals surface area (Å²) in [5, 5.41) is 6.28. The Bertz CT molecular complexity index is 1260. The fraction of sp³-hybridized carbons (Fsp3) is 0.429. The fourth-order valence-corrected chi connectivity index (χ4v) is 5.32. The van der Waals surface area contributed by atoms with Gasteiger partial charge in [0.15, 0.2) is 0 Å². The average Bonchev–Trinajstić information content (AvgIpc) is 2.93. The highest BCUT2D eigenvalue weighted by Crippen LogP contribution is 2.37. The van der Waals surface area contributed by atoms with Crippen molar-refractivity contribution in [3.63, 3.8) is 0 Å². The number of carbonyl (C=O) groups is 6. The highest BCUT2D eigenvalue weighted by Gasteiger charge is 2.39. The number of rotatable bonds is 0. The molecule has 210 valence electrons. The van der Waals surface area contributed by atoms with E-state index in [0.29, 0.717) is 50.0 Å². The van der Waals surface area contributed by atoms with Crippen molar-refractivity contribution in [1.29, 1.82) is 0 Å². The van der Waals surface area contributed by atoms with E-state index in [0.717, 1.165) is 0 Å². The summed E-state index contributed by atoms with van der Waals surface area (Å²) in [6.45, 7) is 2.71. The summed E-state index contributed by atoms with van der Waals surface area (Å²) in [7, 11) is 3.64. The van der Waals surface area contributed by atoms with Crippen molar-refractivity contribution in [2.45, 2.75) is 12.8 Å². The van der Waals surface area contributed by atoms with Crippen LogP contribution in [0.2, 0.25) is 0 Å². The molecule has 0 aliphatic carbocycles. The number of hydrogen-bond acceptors (Lipinski definition) is 8. The van der Waals surface area contributed by atoms with Crippen molar-refractivity contribution in [2.24, 2.45) is 0 Å². The molecule has 0 aromatic heterocycles. The molecule has 5 heterocycles. The van der Waals surface area contributed by atoms with Gasteiger partial charge in [0.1, 0.15) is 0 Å². The molecule has 0 saturated carbocycles. The molecule has 7 rings (SSSR count). The number of nitrogens with zero attached hydrogens (tertiary/aromatic N) is 4. The summed E-state index contributed by atoms with van der Waals surface area (Å²) < 4.78 is 0. The molecule has 2 aromatic rings. The Hall–Kier alpha value is -4.16. The second kappa shape index (κ2) is 11.1. The maximum Gasteiger partial charge on any atom is 0.261 e. The first-order valence-electron chi connectivity index (χ1n) is 13.4. The van der Waals surface area contributed by atoms with Crippen LogP contribution in [0.5, 0.6) is 0 Å². The maximum absolute atomic E-state index is 13.4. The van der Waals surface area contributed by atoms with Gasteiger partial charge in [-0.15, -0.1) is 0 Å². The van der Waals surface area contributed by atoms with Gasteiger partial charge in [0, 0.05) is 98.2 Å². The minimum atomic E-state index is -0.473. The molecule has 0 unspecified atom stereocenters. The molecule has 0 fully saturated rings. The average molecular weight is 549 g/mol. The van der Waals surface area contributed by atoms with Crippen molar-refractivity contribution >= 4 is 46.2 Å². The Morgan fingerprint density at radius 2 is 0.825 bits per heavy atom. The summed E-state index contributed by atoms with van der Waals surface area (Å²) in [6.07, 6.45) is 0.129. The van der Waals surface area contributed by atoms with E-state index in [1.54, 1.807) is 24.3 Å². The molecule has 40 heavy (non-hydrogen) atoms. The lowest BCUT2D eigenvalue weighted by molar-refractivity contribution is -0.126. The van der Waals surface area contributed by atoms with Crippen LogP contribution in [0.25, 0.3) is 10.8 Å². The predicted molar refractivity (Wildman–Crippen MR) is 145 cm³/mol. The highest BCUT2D eigenvalue weighted by atomic mass is 16.2. The van der Waals surface area contributed by atoms with E-state index in [2.05, 4.69) is 10.6 Å². The molecule has 5 aliphatic heterocycles. The lowest BCUT2D eigenvalue weighted by Crippen LogP contribution is -2.47. The Labute approximate surface area is 231 Å². The minimum absolute atomic E-state index is 0.0646. The van der Waals surface area contributed by atoms with Crippen molar-refractivity contribution < 1.29 is 28.8 Å². The molecule has 8 bridgehead atoms. The first-order valence-corrected chi connectivity index (χ1v) is 13.4. The van der Waals surface area contributed by atoms with Crippen LogP contribution >= 0.6 is 0 Å². The van der Waals surface area contributed by atoms with Gasteiger partial charge in [0.05, 0.1) is 0 Å². The summed E-state index contributed by atoms with van der Waals surface area (Å²) in [4.78, 5) is 84.2. The fourth-order valence-electron chi connectivity index (χ4n) is 5.32. The van der Waals surface area contributed by atoms with E-state index in [1.807, 2.05) is 23.9 Å². The monoisotopic (exact) mass is 548 g/mol. The summed E-state index contributed by atoms with van der Waals surface area (Å²) in [5.74, 6) is -2.36. The Morgan fingerprint density at radius 1 is 0.500 bits per heavy atom. The van der Waals surface area contributed by atoms with Crippen molar-refractivity contribution in [3.05, 3.63) is 46.5 Å². The third kappa shape index (κ3) is 5.07. The van der Waals surface area contributed by atoms with Crippen LogP contribution in [0.1, 0.15) is 54.3 Å². The van der Waals surface area contributed by atoms with E-state index in [1.165, 1.54) is 9.80 Å². The molecule has 0 radical (unpaired) electrons. The van der Waals surface area contributed by atoms with Crippen LogP contribution in [-0.2, 0) is 9.59 Å². The van der Waals surface area contributed by atoms with Crippen molar-refractivity contribution in [1.82, 2.24) is 30.2 Å². The SMILES string of the molecule is CN1CCNC(=O)CCC(=O)NCCN(C)CCN2C(=O)c3ccc4c5c(ccc(c35)C2=O)C(=O)N(CC1)C4=O. The Kier molecular flexibility index (Phi) is 7.63. The summed E-state index contributed by atoms with van der Waals surface area (Å²) >= 11 is 0. The number of amides is 6. The maximum atomic E-state index is 13.4. The van der Waals surface area contributed by atoms with Crippen molar-refractivity contribution in [2.75, 3.05) is 66.5 Å². The topological polar surface area (TPSA) is 139 Å². The highest BCUT2D eigenvalue weighted by molar-refractivity contribution is 6.33. The van der Waals surface area contributed by atoms with E-state index in [-0.39, 0.29) is 60.0 Å². The van der Waals surface area contributed by atoms with Gasteiger partial charge in [-0.3, -0.25) is 38.6 Å². The van der Waals surface area contributed by atoms with Crippen LogP contribution in [-0.4, -0.2) is 121 Å². The number of benzene rings is 2. The first kappa shape index (κ1) is 27.4. The Balaban J connectivity index is 1.46. The lowest BCUT2D eigenvalue weighted by atomic mass is 9.86. The van der Waals surface area contributed by atoms with Gasteiger partial charge in [0.25, 0.3) is 23.6 Å². The number of nitrogens with one attached hydrogen (secondary N) is 2. The molecule has 0 spiro atoms. The van der Waals surface area contributed by atoms with Gasteiger partial charge in [0.2, 0.25) is 11.8 Å². The number of fused-ring (bicyclic) bond motifs is 2. The first-order chi connectivity index (χ1) is 19.2. The van der Waals surface area contributed by atoms with Gasteiger partial charge in [-0.25, -0.2) is 0 Å². The zero-order chi connectivity index (χ0) is 28.6. The van der Waals surface area contributed by atoms with Gasteiger partial charge < -0.3 is 20.4 Å². The second-order valence-electron chi connectivity index (χ2n) is 10.4. The van der Waals surface area contributed by atoms with Gasteiger partial charge in [-0.05, 0) is 38.4 Å². The van der Waals surface area contributed by atoms with Gasteiger partial charge in [-0.1, -0.05) is 0 Å². The minimum Gasteiger partial charge on any atom is -0.355 e. The molecule has 6 amide bonds.